The van der Waals surface area contributed by atoms with Crippen LogP contribution in [0.4, 0.5) is 0 Å². The largest absolute Gasteiger partial charge is 0.396 e. The molecule has 2 fully saturated rings. The van der Waals surface area contributed by atoms with Gasteiger partial charge in [-0.1, -0.05) is 26.2 Å². The molecule has 0 spiro atoms. The lowest BCUT2D eigenvalue weighted by Crippen LogP contribution is -2.40. The summed E-state index contributed by atoms with van der Waals surface area (Å²) in [5.74, 6) is 2.16. The highest BCUT2D eigenvalue weighted by Crippen LogP contribution is 2.31. The third-order valence-electron chi connectivity index (χ3n) is 4.80. The standard InChI is InChI=1S/C14H27NO/c1-11-5-2-3-8-14(11)15-9-12-6-4-7-13(12)10-16/h11-16H,2-10H2,1H3. The van der Waals surface area contributed by atoms with E-state index in [1.807, 2.05) is 0 Å². The van der Waals surface area contributed by atoms with E-state index >= 15 is 0 Å². The van der Waals surface area contributed by atoms with Crippen LogP contribution in [-0.2, 0) is 0 Å². The zero-order valence-electron chi connectivity index (χ0n) is 10.6. The first-order valence-corrected chi connectivity index (χ1v) is 7.15. The molecule has 4 unspecified atom stereocenters. The Morgan fingerprint density at radius 3 is 2.50 bits per heavy atom. The Morgan fingerprint density at radius 2 is 1.75 bits per heavy atom. The molecular formula is C14H27NO. The van der Waals surface area contributed by atoms with Gasteiger partial charge in [0.2, 0.25) is 0 Å². The van der Waals surface area contributed by atoms with Crippen LogP contribution in [0, 0.1) is 17.8 Å². The van der Waals surface area contributed by atoms with Crippen molar-refractivity contribution in [1.29, 1.82) is 0 Å². The van der Waals surface area contributed by atoms with Gasteiger partial charge in [-0.15, -0.1) is 0 Å². The molecule has 4 atom stereocenters. The van der Waals surface area contributed by atoms with Gasteiger partial charge in [0.05, 0.1) is 0 Å². The molecule has 0 bridgehead atoms. The first-order chi connectivity index (χ1) is 7.81. The molecule has 0 aromatic heterocycles. The van der Waals surface area contributed by atoms with Crippen LogP contribution in [0.15, 0.2) is 0 Å². The van der Waals surface area contributed by atoms with Crippen LogP contribution < -0.4 is 5.32 Å². The van der Waals surface area contributed by atoms with Gasteiger partial charge in [-0.05, 0) is 50.0 Å². The second kappa shape index (κ2) is 6.02. The first-order valence-electron chi connectivity index (χ1n) is 7.15. The van der Waals surface area contributed by atoms with Crippen molar-refractivity contribution in [3.63, 3.8) is 0 Å². The minimum Gasteiger partial charge on any atom is -0.396 e. The first kappa shape index (κ1) is 12.4. The van der Waals surface area contributed by atoms with Gasteiger partial charge in [0.15, 0.2) is 0 Å². The predicted molar refractivity (Wildman–Crippen MR) is 67.3 cm³/mol. The third kappa shape index (κ3) is 2.98. The molecule has 0 amide bonds. The lowest BCUT2D eigenvalue weighted by molar-refractivity contribution is 0.182. The molecule has 2 nitrogen and oxygen atoms in total. The van der Waals surface area contributed by atoms with Crippen LogP contribution in [0.3, 0.4) is 0 Å². The highest BCUT2D eigenvalue weighted by molar-refractivity contribution is 4.83. The molecule has 2 rings (SSSR count). The second-order valence-electron chi connectivity index (χ2n) is 5.91. The van der Waals surface area contributed by atoms with Crippen LogP contribution in [-0.4, -0.2) is 24.3 Å². The van der Waals surface area contributed by atoms with Gasteiger partial charge in [0.25, 0.3) is 0 Å². The van der Waals surface area contributed by atoms with E-state index in [9.17, 15) is 5.11 Å². The van der Waals surface area contributed by atoms with Gasteiger partial charge in [0.1, 0.15) is 0 Å². The number of aliphatic hydroxyl groups excluding tert-OH is 1. The molecule has 2 saturated carbocycles. The molecule has 16 heavy (non-hydrogen) atoms. The zero-order chi connectivity index (χ0) is 11.4. The van der Waals surface area contributed by atoms with E-state index in [0.717, 1.165) is 24.4 Å². The summed E-state index contributed by atoms with van der Waals surface area (Å²) < 4.78 is 0. The molecule has 0 aromatic carbocycles. The number of nitrogens with one attached hydrogen (secondary N) is 1. The van der Waals surface area contributed by atoms with Crippen molar-refractivity contribution in [1.82, 2.24) is 5.32 Å². The Kier molecular flexibility index (Phi) is 4.66. The summed E-state index contributed by atoms with van der Waals surface area (Å²) in [5.41, 5.74) is 0. The fourth-order valence-electron chi connectivity index (χ4n) is 3.54. The van der Waals surface area contributed by atoms with E-state index in [-0.39, 0.29) is 0 Å². The van der Waals surface area contributed by atoms with Gasteiger partial charge in [-0.25, -0.2) is 0 Å². The van der Waals surface area contributed by atoms with E-state index < -0.39 is 0 Å². The number of hydrogen-bond donors (Lipinski definition) is 2. The summed E-state index contributed by atoms with van der Waals surface area (Å²) >= 11 is 0. The molecule has 2 N–H and O–H groups in total. The van der Waals surface area contributed by atoms with Crippen LogP contribution in [0.25, 0.3) is 0 Å². The molecule has 2 heteroatoms. The normalized spacial score (nSPS) is 40.1. The van der Waals surface area contributed by atoms with Gasteiger partial charge < -0.3 is 10.4 Å². The fourth-order valence-corrected chi connectivity index (χ4v) is 3.54. The summed E-state index contributed by atoms with van der Waals surface area (Å²) in [5, 5.41) is 13.1. The van der Waals surface area contributed by atoms with Gasteiger partial charge >= 0.3 is 0 Å². The Hall–Kier alpha value is -0.0800. The van der Waals surface area contributed by atoms with Gasteiger partial charge in [0, 0.05) is 12.6 Å². The summed E-state index contributed by atoms with van der Waals surface area (Å²) in [7, 11) is 0. The average molecular weight is 225 g/mol. The lowest BCUT2D eigenvalue weighted by Gasteiger charge is -2.31. The minimum absolute atomic E-state index is 0.395. The molecule has 2 aliphatic rings. The Labute approximate surface area is 99.8 Å². The SMILES string of the molecule is CC1CCCCC1NCC1CCCC1CO. The number of aliphatic hydroxyl groups is 1. The Balaban J connectivity index is 1.73. The summed E-state index contributed by atoms with van der Waals surface area (Å²) in [6, 6.07) is 0.744. The van der Waals surface area contributed by atoms with Crippen LogP contribution in [0.1, 0.15) is 51.9 Å². The average Bonchev–Trinajstić information content (AvgIpc) is 2.75. The van der Waals surface area contributed by atoms with Crippen molar-refractivity contribution in [2.75, 3.05) is 13.2 Å². The quantitative estimate of drug-likeness (QED) is 0.770. The highest BCUT2D eigenvalue weighted by Gasteiger charge is 2.28. The van der Waals surface area contributed by atoms with Crippen molar-refractivity contribution in [3.8, 4) is 0 Å². The van der Waals surface area contributed by atoms with Gasteiger partial charge in [-0.3, -0.25) is 0 Å². The smallest absolute Gasteiger partial charge is 0.0462 e. The van der Waals surface area contributed by atoms with Crippen molar-refractivity contribution in [2.45, 2.75) is 57.9 Å². The van der Waals surface area contributed by atoms with Crippen molar-refractivity contribution >= 4 is 0 Å². The second-order valence-corrected chi connectivity index (χ2v) is 5.91. The molecule has 0 radical (unpaired) electrons. The van der Waals surface area contributed by atoms with Crippen molar-refractivity contribution in [2.24, 2.45) is 17.8 Å². The molecule has 0 aromatic rings. The van der Waals surface area contributed by atoms with E-state index in [2.05, 4.69) is 12.2 Å². The monoisotopic (exact) mass is 225 g/mol. The summed E-state index contributed by atoms with van der Waals surface area (Å²) in [6.45, 7) is 3.92. The van der Waals surface area contributed by atoms with E-state index in [1.54, 1.807) is 0 Å². The molecule has 94 valence electrons. The molecule has 2 aliphatic carbocycles. The Bertz CT molecular complexity index is 205. The fraction of sp³-hybridized carbons (Fsp3) is 1.00. The molecule has 0 heterocycles. The maximum absolute atomic E-state index is 9.30. The number of rotatable bonds is 4. The number of hydrogen-bond acceptors (Lipinski definition) is 2. The van der Waals surface area contributed by atoms with Crippen LogP contribution in [0.2, 0.25) is 0 Å². The highest BCUT2D eigenvalue weighted by atomic mass is 16.3. The van der Waals surface area contributed by atoms with E-state index in [4.69, 9.17) is 0 Å². The van der Waals surface area contributed by atoms with Gasteiger partial charge in [-0.2, -0.15) is 0 Å². The predicted octanol–water partition coefficient (Wildman–Crippen LogP) is 2.56. The maximum atomic E-state index is 9.30. The summed E-state index contributed by atoms with van der Waals surface area (Å²) in [4.78, 5) is 0. The van der Waals surface area contributed by atoms with Crippen LogP contribution >= 0.6 is 0 Å². The lowest BCUT2D eigenvalue weighted by atomic mass is 9.85. The van der Waals surface area contributed by atoms with E-state index in [0.29, 0.717) is 12.5 Å². The third-order valence-corrected chi connectivity index (χ3v) is 4.80. The molecule has 0 saturated heterocycles. The van der Waals surface area contributed by atoms with Crippen LogP contribution in [0.5, 0.6) is 0 Å². The van der Waals surface area contributed by atoms with Crippen molar-refractivity contribution in [3.05, 3.63) is 0 Å². The Morgan fingerprint density at radius 1 is 1.00 bits per heavy atom. The summed E-state index contributed by atoms with van der Waals surface area (Å²) in [6.07, 6.45) is 9.45. The maximum Gasteiger partial charge on any atom is 0.0462 e. The molecular weight excluding hydrogens is 198 g/mol. The van der Waals surface area contributed by atoms with E-state index in [1.165, 1.54) is 44.9 Å². The zero-order valence-corrected chi connectivity index (χ0v) is 10.6. The topological polar surface area (TPSA) is 32.3 Å². The van der Waals surface area contributed by atoms with Crippen molar-refractivity contribution < 1.29 is 5.11 Å². The minimum atomic E-state index is 0.395. The molecule has 0 aliphatic heterocycles.